The largest absolute Gasteiger partial charge is 0.507 e. The van der Waals surface area contributed by atoms with Crippen molar-refractivity contribution in [2.45, 2.75) is 0 Å². The smallest absolute Gasteiger partial charge is 0.167 e. The maximum atomic E-state index is 10.4. The topological polar surface area (TPSA) is 77.4 Å². The number of hydrogen-bond acceptors (Lipinski definition) is 6. The molecule has 0 saturated carbocycles. The third-order valence-corrected chi connectivity index (χ3v) is 4.77. The first-order chi connectivity index (χ1) is 14.6. The summed E-state index contributed by atoms with van der Waals surface area (Å²) in [5.41, 5.74) is 2.00. The molecule has 1 N–H and O–H groups in total. The van der Waals surface area contributed by atoms with Crippen LogP contribution in [0.15, 0.2) is 66.7 Å². The van der Waals surface area contributed by atoms with Crippen molar-refractivity contribution in [1.29, 1.82) is 0 Å². The van der Waals surface area contributed by atoms with Crippen molar-refractivity contribution >= 4 is 11.6 Å². The molecule has 0 atom stereocenters. The van der Waals surface area contributed by atoms with Gasteiger partial charge in [-0.05, 0) is 66.7 Å². The molecule has 150 valence electrons. The Morgan fingerprint density at radius 1 is 0.667 bits per heavy atom. The molecule has 0 fully saturated rings. The third-order valence-electron chi connectivity index (χ3n) is 4.53. The molecular weight excluding hydrogens is 402 g/mol. The Kier molecular flexibility index (Phi) is 5.50. The second-order valence-corrected chi connectivity index (χ2v) is 6.86. The zero-order valence-electron chi connectivity index (χ0n) is 16.3. The van der Waals surface area contributed by atoms with E-state index in [1.54, 1.807) is 26.4 Å². The van der Waals surface area contributed by atoms with Crippen molar-refractivity contribution in [1.82, 2.24) is 15.0 Å². The minimum absolute atomic E-state index is 0.0342. The molecule has 0 aliphatic rings. The molecule has 1 aromatic heterocycles. The van der Waals surface area contributed by atoms with Gasteiger partial charge in [0.15, 0.2) is 17.5 Å². The van der Waals surface area contributed by atoms with E-state index in [0.717, 1.165) is 22.6 Å². The lowest BCUT2D eigenvalue weighted by Crippen LogP contribution is -2.00. The Hall–Kier alpha value is -3.64. The molecule has 0 unspecified atom stereocenters. The number of methoxy groups -OCH3 is 2. The van der Waals surface area contributed by atoms with Gasteiger partial charge in [0.25, 0.3) is 0 Å². The van der Waals surface area contributed by atoms with Crippen LogP contribution in [-0.4, -0.2) is 34.3 Å². The summed E-state index contributed by atoms with van der Waals surface area (Å²) in [7, 11) is 3.22. The van der Waals surface area contributed by atoms with Gasteiger partial charge in [-0.1, -0.05) is 11.6 Å². The number of halogens is 1. The molecule has 6 nitrogen and oxygen atoms in total. The molecule has 0 amide bonds. The summed E-state index contributed by atoms with van der Waals surface area (Å²) >= 11 is 6.14. The summed E-state index contributed by atoms with van der Waals surface area (Å²) in [5.74, 6) is 2.75. The molecule has 0 aliphatic heterocycles. The van der Waals surface area contributed by atoms with Gasteiger partial charge in [0.1, 0.15) is 17.2 Å². The fourth-order valence-corrected chi connectivity index (χ4v) is 3.09. The Bertz CT molecular complexity index is 1110. The van der Waals surface area contributed by atoms with Crippen LogP contribution in [0.25, 0.3) is 34.2 Å². The molecule has 0 saturated heterocycles. The molecular formula is C23H18ClN3O3. The maximum absolute atomic E-state index is 10.4. The van der Waals surface area contributed by atoms with Gasteiger partial charge < -0.3 is 14.6 Å². The molecule has 4 aromatic rings. The highest BCUT2D eigenvalue weighted by atomic mass is 35.5. The van der Waals surface area contributed by atoms with E-state index >= 15 is 0 Å². The standard InChI is InChI=1S/C23H18ClN3O3/c1-29-17-8-3-14(4-9-17)21-25-22(15-5-10-18(30-2)11-6-15)27-23(26-21)19-13-16(24)7-12-20(19)28/h3-13,28H,1-2H3. The fraction of sp³-hybridized carbons (Fsp3) is 0.0870. The molecule has 0 spiro atoms. The van der Waals surface area contributed by atoms with E-state index in [4.69, 9.17) is 21.1 Å². The molecule has 30 heavy (non-hydrogen) atoms. The van der Waals surface area contributed by atoms with Crippen molar-refractivity contribution in [3.05, 3.63) is 71.8 Å². The van der Waals surface area contributed by atoms with Gasteiger partial charge in [-0.25, -0.2) is 15.0 Å². The lowest BCUT2D eigenvalue weighted by Gasteiger charge is -2.10. The van der Waals surface area contributed by atoms with Crippen LogP contribution in [0.2, 0.25) is 5.02 Å². The van der Waals surface area contributed by atoms with Crippen LogP contribution in [0, 0.1) is 0 Å². The summed E-state index contributed by atoms with van der Waals surface area (Å²) in [5, 5.41) is 10.8. The van der Waals surface area contributed by atoms with Crippen LogP contribution >= 0.6 is 11.6 Å². The molecule has 1 heterocycles. The number of benzene rings is 3. The highest BCUT2D eigenvalue weighted by Gasteiger charge is 2.15. The Labute approximate surface area is 178 Å². The first kappa shape index (κ1) is 19.7. The molecule has 0 bridgehead atoms. The number of aromatic nitrogens is 3. The summed E-state index contributed by atoms with van der Waals surface area (Å²) in [6, 6.07) is 19.6. The van der Waals surface area contributed by atoms with E-state index < -0.39 is 0 Å². The van der Waals surface area contributed by atoms with Crippen molar-refractivity contribution in [3.63, 3.8) is 0 Å². The highest BCUT2D eigenvalue weighted by Crippen LogP contribution is 2.32. The number of aromatic hydroxyl groups is 1. The van der Waals surface area contributed by atoms with Gasteiger partial charge in [-0.15, -0.1) is 0 Å². The second-order valence-electron chi connectivity index (χ2n) is 6.42. The van der Waals surface area contributed by atoms with E-state index in [2.05, 4.69) is 15.0 Å². The Balaban J connectivity index is 1.89. The SMILES string of the molecule is COc1ccc(-c2nc(-c3ccc(OC)cc3)nc(-c3cc(Cl)ccc3O)n2)cc1. The van der Waals surface area contributed by atoms with E-state index in [9.17, 15) is 5.11 Å². The number of ether oxygens (including phenoxy) is 2. The van der Waals surface area contributed by atoms with E-state index in [1.807, 2.05) is 48.5 Å². The highest BCUT2D eigenvalue weighted by molar-refractivity contribution is 6.30. The minimum Gasteiger partial charge on any atom is -0.507 e. The van der Waals surface area contributed by atoms with Gasteiger partial charge in [-0.2, -0.15) is 0 Å². The van der Waals surface area contributed by atoms with Gasteiger partial charge in [0.05, 0.1) is 19.8 Å². The average Bonchev–Trinajstić information content (AvgIpc) is 2.80. The van der Waals surface area contributed by atoms with Crippen LogP contribution in [0.1, 0.15) is 0 Å². The maximum Gasteiger partial charge on any atom is 0.167 e. The van der Waals surface area contributed by atoms with Gasteiger partial charge in [0.2, 0.25) is 0 Å². The lowest BCUT2D eigenvalue weighted by atomic mass is 10.1. The number of phenols is 1. The number of rotatable bonds is 5. The average molecular weight is 420 g/mol. The number of phenolic OH excluding ortho intramolecular Hbond substituents is 1. The van der Waals surface area contributed by atoms with Crippen LogP contribution < -0.4 is 9.47 Å². The van der Waals surface area contributed by atoms with Gasteiger partial charge >= 0.3 is 0 Å². The van der Waals surface area contributed by atoms with Crippen molar-refractivity contribution in [2.24, 2.45) is 0 Å². The summed E-state index contributed by atoms with van der Waals surface area (Å²) in [6.45, 7) is 0. The first-order valence-corrected chi connectivity index (χ1v) is 9.49. The molecule has 7 heteroatoms. The van der Waals surface area contributed by atoms with Crippen molar-refractivity contribution < 1.29 is 14.6 Å². The van der Waals surface area contributed by atoms with Crippen LogP contribution in [0.4, 0.5) is 0 Å². The first-order valence-electron chi connectivity index (χ1n) is 9.11. The Morgan fingerprint density at radius 3 is 1.60 bits per heavy atom. The van der Waals surface area contributed by atoms with Crippen LogP contribution in [0.5, 0.6) is 17.2 Å². The van der Waals surface area contributed by atoms with Crippen molar-refractivity contribution in [3.8, 4) is 51.4 Å². The number of hydrogen-bond donors (Lipinski definition) is 1. The molecule has 4 rings (SSSR count). The molecule has 3 aromatic carbocycles. The predicted octanol–water partition coefficient (Wildman–Crippen LogP) is 5.25. The monoisotopic (exact) mass is 419 g/mol. The zero-order valence-corrected chi connectivity index (χ0v) is 17.1. The zero-order chi connectivity index (χ0) is 21.1. The quantitative estimate of drug-likeness (QED) is 0.476. The minimum atomic E-state index is 0.0342. The fourth-order valence-electron chi connectivity index (χ4n) is 2.92. The molecule has 0 aliphatic carbocycles. The normalized spacial score (nSPS) is 10.6. The van der Waals surface area contributed by atoms with Crippen molar-refractivity contribution in [2.75, 3.05) is 14.2 Å². The van der Waals surface area contributed by atoms with E-state index in [0.29, 0.717) is 28.1 Å². The van der Waals surface area contributed by atoms with E-state index in [-0.39, 0.29) is 5.75 Å². The predicted molar refractivity (Wildman–Crippen MR) is 116 cm³/mol. The molecule has 0 radical (unpaired) electrons. The van der Waals surface area contributed by atoms with Gasteiger partial charge in [-0.3, -0.25) is 0 Å². The Morgan fingerprint density at radius 2 is 1.13 bits per heavy atom. The summed E-state index contributed by atoms with van der Waals surface area (Å²) in [6.07, 6.45) is 0. The third kappa shape index (κ3) is 4.04. The van der Waals surface area contributed by atoms with E-state index in [1.165, 1.54) is 6.07 Å². The van der Waals surface area contributed by atoms with Gasteiger partial charge in [0, 0.05) is 16.1 Å². The van der Waals surface area contributed by atoms with Crippen LogP contribution in [0.3, 0.4) is 0 Å². The lowest BCUT2D eigenvalue weighted by molar-refractivity contribution is 0.415. The summed E-state index contributed by atoms with van der Waals surface area (Å²) in [4.78, 5) is 13.8. The second kappa shape index (κ2) is 8.39. The summed E-state index contributed by atoms with van der Waals surface area (Å²) < 4.78 is 10.5. The van der Waals surface area contributed by atoms with Crippen LogP contribution in [-0.2, 0) is 0 Å². The number of nitrogens with zero attached hydrogens (tertiary/aromatic N) is 3.